The SMILES string of the molecule is CCCC(NC(=O)c1ccc(N2CCCCC2)c(S(=O)(=O)N2CCCCC2)c1)c1cccs1. The zero-order valence-electron chi connectivity index (χ0n) is 19.5. The van der Waals surface area contributed by atoms with Crippen molar-refractivity contribution < 1.29 is 13.2 Å². The third-order valence-electron chi connectivity index (χ3n) is 6.62. The molecule has 2 aliphatic heterocycles. The first-order chi connectivity index (χ1) is 16.0. The summed E-state index contributed by atoms with van der Waals surface area (Å²) in [4.78, 5) is 16.8. The summed E-state index contributed by atoms with van der Waals surface area (Å²) < 4.78 is 29.0. The third kappa shape index (κ3) is 5.61. The summed E-state index contributed by atoms with van der Waals surface area (Å²) in [6, 6.07) is 9.21. The minimum Gasteiger partial charge on any atom is -0.370 e. The average molecular weight is 490 g/mol. The molecule has 1 unspecified atom stereocenters. The van der Waals surface area contributed by atoms with Gasteiger partial charge in [0.25, 0.3) is 5.91 Å². The molecule has 2 aromatic rings. The maximum absolute atomic E-state index is 13.7. The van der Waals surface area contributed by atoms with Crippen molar-refractivity contribution in [2.24, 2.45) is 0 Å². The number of carbonyl (C=O) groups excluding carboxylic acids is 1. The molecule has 1 amide bonds. The number of rotatable bonds is 8. The molecule has 2 saturated heterocycles. The number of anilines is 1. The highest BCUT2D eigenvalue weighted by atomic mass is 32.2. The Kier molecular flexibility index (Phi) is 8.09. The molecule has 33 heavy (non-hydrogen) atoms. The van der Waals surface area contributed by atoms with Gasteiger partial charge in [-0.25, -0.2) is 8.42 Å². The lowest BCUT2D eigenvalue weighted by Crippen LogP contribution is -2.38. The van der Waals surface area contributed by atoms with Gasteiger partial charge in [0.05, 0.1) is 11.7 Å². The molecule has 0 radical (unpaired) electrons. The van der Waals surface area contributed by atoms with Crippen molar-refractivity contribution in [1.29, 1.82) is 0 Å². The fourth-order valence-corrected chi connectivity index (χ4v) is 7.37. The molecule has 0 spiro atoms. The van der Waals surface area contributed by atoms with E-state index in [1.165, 1.54) is 6.42 Å². The Morgan fingerprint density at radius 1 is 1.03 bits per heavy atom. The van der Waals surface area contributed by atoms with Crippen molar-refractivity contribution in [3.8, 4) is 0 Å². The molecule has 0 aliphatic carbocycles. The highest BCUT2D eigenvalue weighted by Gasteiger charge is 2.31. The van der Waals surface area contributed by atoms with E-state index in [0.717, 1.165) is 68.6 Å². The van der Waals surface area contributed by atoms with E-state index in [2.05, 4.69) is 17.1 Å². The summed E-state index contributed by atoms with van der Waals surface area (Å²) >= 11 is 1.63. The van der Waals surface area contributed by atoms with Gasteiger partial charge in [-0.1, -0.05) is 25.8 Å². The molecule has 4 rings (SSSR count). The molecule has 0 saturated carbocycles. The molecule has 1 atom stereocenters. The van der Waals surface area contributed by atoms with Crippen LogP contribution in [-0.2, 0) is 10.0 Å². The maximum Gasteiger partial charge on any atom is 0.251 e. The van der Waals surface area contributed by atoms with E-state index in [4.69, 9.17) is 0 Å². The molecule has 1 N–H and O–H groups in total. The monoisotopic (exact) mass is 489 g/mol. The van der Waals surface area contributed by atoms with E-state index in [1.807, 2.05) is 23.6 Å². The Morgan fingerprint density at radius 3 is 2.36 bits per heavy atom. The normalized spacial score (nSPS) is 18.8. The number of nitrogens with zero attached hydrogens (tertiary/aromatic N) is 2. The number of benzene rings is 1. The lowest BCUT2D eigenvalue weighted by atomic mass is 10.1. The van der Waals surface area contributed by atoms with Crippen LogP contribution in [0.3, 0.4) is 0 Å². The van der Waals surface area contributed by atoms with Gasteiger partial charge < -0.3 is 10.2 Å². The zero-order valence-corrected chi connectivity index (χ0v) is 21.1. The van der Waals surface area contributed by atoms with Gasteiger partial charge in [-0.3, -0.25) is 4.79 Å². The molecule has 1 aromatic carbocycles. The van der Waals surface area contributed by atoms with Gasteiger partial charge in [-0.05, 0) is 68.2 Å². The van der Waals surface area contributed by atoms with Crippen LogP contribution in [0.2, 0.25) is 0 Å². The van der Waals surface area contributed by atoms with Crippen molar-refractivity contribution in [2.75, 3.05) is 31.1 Å². The van der Waals surface area contributed by atoms with Crippen LogP contribution in [0.25, 0.3) is 0 Å². The summed E-state index contributed by atoms with van der Waals surface area (Å²) in [7, 11) is -3.67. The Balaban J connectivity index is 1.66. The lowest BCUT2D eigenvalue weighted by molar-refractivity contribution is 0.0935. The maximum atomic E-state index is 13.7. The Bertz CT molecular complexity index is 1030. The minimum atomic E-state index is -3.67. The summed E-state index contributed by atoms with van der Waals surface area (Å²) in [5.74, 6) is -0.220. The van der Waals surface area contributed by atoms with Crippen molar-refractivity contribution in [1.82, 2.24) is 9.62 Å². The largest absolute Gasteiger partial charge is 0.370 e. The number of sulfonamides is 1. The number of thiophene rings is 1. The van der Waals surface area contributed by atoms with E-state index < -0.39 is 10.0 Å². The number of carbonyl (C=O) groups is 1. The van der Waals surface area contributed by atoms with Crippen LogP contribution in [0.1, 0.15) is 79.6 Å². The van der Waals surface area contributed by atoms with Gasteiger partial charge in [0.15, 0.2) is 0 Å². The second kappa shape index (κ2) is 11.0. The summed E-state index contributed by atoms with van der Waals surface area (Å²) in [6.45, 7) is 4.91. The van der Waals surface area contributed by atoms with Gasteiger partial charge in [-0.15, -0.1) is 11.3 Å². The number of nitrogens with one attached hydrogen (secondary N) is 1. The molecule has 3 heterocycles. The number of hydrogen-bond acceptors (Lipinski definition) is 5. The first-order valence-electron chi connectivity index (χ1n) is 12.2. The first-order valence-corrected chi connectivity index (χ1v) is 14.6. The quantitative estimate of drug-likeness (QED) is 0.554. The van der Waals surface area contributed by atoms with Crippen LogP contribution in [0.4, 0.5) is 5.69 Å². The predicted octanol–water partition coefficient (Wildman–Crippen LogP) is 5.18. The van der Waals surface area contributed by atoms with Crippen molar-refractivity contribution in [3.05, 3.63) is 46.2 Å². The predicted molar refractivity (Wildman–Crippen MR) is 135 cm³/mol. The van der Waals surface area contributed by atoms with Crippen LogP contribution in [-0.4, -0.2) is 44.8 Å². The molecule has 2 fully saturated rings. The topological polar surface area (TPSA) is 69.7 Å². The van der Waals surface area contributed by atoms with Crippen LogP contribution in [0.15, 0.2) is 40.6 Å². The second-order valence-electron chi connectivity index (χ2n) is 9.03. The fourth-order valence-electron chi connectivity index (χ4n) is 4.81. The van der Waals surface area contributed by atoms with Gasteiger partial charge in [0, 0.05) is 36.6 Å². The fraction of sp³-hybridized carbons (Fsp3) is 0.560. The van der Waals surface area contributed by atoms with Crippen molar-refractivity contribution in [2.45, 2.75) is 69.2 Å². The third-order valence-corrected chi connectivity index (χ3v) is 9.53. The van der Waals surface area contributed by atoms with Crippen molar-refractivity contribution >= 4 is 33.0 Å². The van der Waals surface area contributed by atoms with E-state index in [1.54, 1.807) is 27.8 Å². The Labute approximate surface area is 202 Å². The van der Waals surface area contributed by atoms with E-state index in [0.29, 0.717) is 18.7 Å². The molecule has 6 nitrogen and oxygen atoms in total. The zero-order chi connectivity index (χ0) is 23.3. The van der Waals surface area contributed by atoms with Gasteiger partial charge >= 0.3 is 0 Å². The van der Waals surface area contributed by atoms with E-state index in [-0.39, 0.29) is 16.8 Å². The van der Waals surface area contributed by atoms with Gasteiger partial charge in [0.1, 0.15) is 4.90 Å². The minimum absolute atomic E-state index is 0.0635. The molecule has 1 aromatic heterocycles. The smallest absolute Gasteiger partial charge is 0.251 e. The summed E-state index contributed by atoms with van der Waals surface area (Å²) in [5, 5.41) is 5.16. The first kappa shape index (κ1) is 24.2. The lowest BCUT2D eigenvalue weighted by Gasteiger charge is -2.33. The average Bonchev–Trinajstić information content (AvgIpc) is 3.39. The van der Waals surface area contributed by atoms with Crippen LogP contribution in [0.5, 0.6) is 0 Å². The highest BCUT2D eigenvalue weighted by Crippen LogP contribution is 2.33. The highest BCUT2D eigenvalue weighted by molar-refractivity contribution is 7.89. The van der Waals surface area contributed by atoms with Crippen molar-refractivity contribution in [3.63, 3.8) is 0 Å². The Hall–Kier alpha value is -1.90. The van der Waals surface area contributed by atoms with Crippen LogP contribution in [0, 0.1) is 0 Å². The molecule has 0 bridgehead atoms. The Morgan fingerprint density at radius 2 is 1.73 bits per heavy atom. The molecular weight excluding hydrogens is 454 g/mol. The molecule has 180 valence electrons. The van der Waals surface area contributed by atoms with E-state index in [9.17, 15) is 13.2 Å². The number of piperidine rings is 2. The second-order valence-corrected chi connectivity index (χ2v) is 11.9. The van der Waals surface area contributed by atoms with Gasteiger partial charge in [-0.2, -0.15) is 4.31 Å². The van der Waals surface area contributed by atoms with Crippen LogP contribution < -0.4 is 10.2 Å². The summed E-state index contributed by atoms with van der Waals surface area (Å²) in [5.41, 5.74) is 1.14. The number of hydrogen-bond donors (Lipinski definition) is 1. The standard InChI is InChI=1S/C25H35N3O3S2/c1-2-10-21(23-11-9-18-32-23)26-25(29)20-12-13-22(27-14-5-3-6-15-27)24(19-20)33(30,31)28-16-7-4-8-17-28/h9,11-13,18-19,21H,2-8,10,14-17H2,1H3,(H,26,29). The molecule has 2 aliphatic rings. The number of amides is 1. The summed E-state index contributed by atoms with van der Waals surface area (Å²) in [6.07, 6.45) is 7.93. The molecule has 8 heteroatoms. The van der Waals surface area contributed by atoms with E-state index >= 15 is 0 Å². The van der Waals surface area contributed by atoms with Gasteiger partial charge in [0.2, 0.25) is 10.0 Å². The van der Waals surface area contributed by atoms with Crippen LogP contribution >= 0.6 is 11.3 Å². The molecular formula is C25H35N3O3S2.